The second kappa shape index (κ2) is 8.72. The number of amides is 1. The molecule has 0 bridgehead atoms. The number of carbonyl (C=O) groups is 1. The fraction of sp³-hybridized carbons (Fsp3) is 0.526. The number of aliphatic hydroxyl groups is 1. The quantitative estimate of drug-likeness (QED) is 0.746. The maximum Gasteiger partial charge on any atom is 0.418 e. The van der Waals surface area contributed by atoms with Crippen molar-refractivity contribution >= 4 is 35.9 Å². The first-order valence-electron chi connectivity index (χ1n) is 9.01. The number of halogens is 3. The van der Waals surface area contributed by atoms with Crippen LogP contribution in [0.4, 0.5) is 30.2 Å². The van der Waals surface area contributed by atoms with Gasteiger partial charge in [-0.25, -0.2) is 0 Å². The van der Waals surface area contributed by atoms with Gasteiger partial charge in [-0.3, -0.25) is 14.8 Å². The van der Waals surface area contributed by atoms with Crippen LogP contribution < -0.4 is 10.2 Å². The molecule has 1 saturated heterocycles. The third-order valence-corrected chi connectivity index (χ3v) is 4.58. The van der Waals surface area contributed by atoms with Crippen LogP contribution in [0.25, 0.3) is 0 Å². The lowest BCUT2D eigenvalue weighted by atomic mass is 9.94. The van der Waals surface area contributed by atoms with Gasteiger partial charge in [-0.1, -0.05) is 6.92 Å². The van der Waals surface area contributed by atoms with Crippen molar-refractivity contribution < 1.29 is 23.1 Å². The summed E-state index contributed by atoms with van der Waals surface area (Å²) < 4.78 is 40.2. The van der Waals surface area contributed by atoms with Crippen molar-refractivity contribution in [2.24, 2.45) is 15.9 Å². The third kappa shape index (κ3) is 4.89. The van der Waals surface area contributed by atoms with Crippen LogP contribution in [0.5, 0.6) is 0 Å². The van der Waals surface area contributed by atoms with Gasteiger partial charge in [0, 0.05) is 25.3 Å². The molecule has 6 nitrogen and oxygen atoms in total. The molecule has 1 aliphatic rings. The molecule has 1 aromatic rings. The highest BCUT2D eigenvalue weighted by atomic mass is 19.4. The number of alkyl halides is 3. The molecule has 1 heterocycles. The molecular formula is C19H25F3N4O2. The van der Waals surface area contributed by atoms with E-state index in [1.807, 2.05) is 11.8 Å². The summed E-state index contributed by atoms with van der Waals surface area (Å²) in [5.41, 5.74) is -0.611. The fourth-order valence-electron chi connectivity index (χ4n) is 3.44. The standard InChI is InChI=1S/C19H25F3N4O2/c1-5-24-16-14(19(20,21)22)6-7-15(17(16)23-4)26-9-11(2)8-13(10-26)25-18(28)12(3)27/h5-7,11-13,27H,4,8-10H2,1-3H3,(H,25,28)/b24-5-/t11-,12?,13+/m0/s1. The largest absolute Gasteiger partial charge is 0.418 e. The molecule has 0 spiro atoms. The van der Waals surface area contributed by atoms with Gasteiger partial charge in [0.1, 0.15) is 17.5 Å². The fourth-order valence-corrected chi connectivity index (χ4v) is 3.44. The van der Waals surface area contributed by atoms with Crippen LogP contribution in [0, 0.1) is 5.92 Å². The van der Waals surface area contributed by atoms with Crippen LogP contribution in [0.3, 0.4) is 0 Å². The minimum atomic E-state index is -4.57. The molecule has 0 aliphatic carbocycles. The number of rotatable bonds is 5. The number of nitrogens with one attached hydrogen (secondary N) is 1. The Kier molecular flexibility index (Phi) is 6.82. The van der Waals surface area contributed by atoms with E-state index in [1.54, 1.807) is 0 Å². The lowest BCUT2D eigenvalue weighted by Gasteiger charge is -2.39. The molecule has 2 N–H and O–H groups in total. The van der Waals surface area contributed by atoms with Crippen molar-refractivity contribution in [3.05, 3.63) is 17.7 Å². The van der Waals surface area contributed by atoms with E-state index in [9.17, 15) is 23.1 Å². The Morgan fingerprint density at radius 3 is 2.61 bits per heavy atom. The van der Waals surface area contributed by atoms with E-state index in [4.69, 9.17) is 0 Å². The first kappa shape index (κ1) is 21.9. The number of nitrogens with zero attached hydrogens (tertiary/aromatic N) is 3. The third-order valence-electron chi connectivity index (χ3n) is 4.58. The van der Waals surface area contributed by atoms with Crippen molar-refractivity contribution in [3.63, 3.8) is 0 Å². The Balaban J connectivity index is 2.44. The van der Waals surface area contributed by atoms with Crippen LogP contribution in [0.2, 0.25) is 0 Å². The van der Waals surface area contributed by atoms with Gasteiger partial charge in [0.25, 0.3) is 0 Å². The lowest BCUT2D eigenvalue weighted by molar-refractivity contribution is -0.137. The number of piperidine rings is 1. The second-order valence-electron chi connectivity index (χ2n) is 7.00. The summed E-state index contributed by atoms with van der Waals surface area (Å²) in [5, 5.41) is 12.2. The molecule has 1 unspecified atom stereocenters. The van der Waals surface area contributed by atoms with Gasteiger partial charge in [-0.15, -0.1) is 0 Å². The van der Waals surface area contributed by atoms with Gasteiger partial charge in [0.05, 0.1) is 11.3 Å². The summed E-state index contributed by atoms with van der Waals surface area (Å²) in [6.45, 7) is 9.31. The van der Waals surface area contributed by atoms with Crippen molar-refractivity contribution in [2.45, 2.75) is 45.5 Å². The Morgan fingerprint density at radius 1 is 1.39 bits per heavy atom. The maximum absolute atomic E-state index is 13.4. The van der Waals surface area contributed by atoms with Gasteiger partial charge in [-0.2, -0.15) is 13.2 Å². The van der Waals surface area contributed by atoms with E-state index >= 15 is 0 Å². The van der Waals surface area contributed by atoms with Gasteiger partial charge in [-0.05, 0) is 45.0 Å². The molecule has 1 aliphatic heterocycles. The molecule has 1 fully saturated rings. The van der Waals surface area contributed by atoms with Crippen LogP contribution >= 0.6 is 0 Å². The maximum atomic E-state index is 13.4. The number of anilines is 1. The number of benzene rings is 1. The van der Waals surface area contributed by atoms with Gasteiger partial charge in [0.2, 0.25) is 5.91 Å². The summed E-state index contributed by atoms with van der Waals surface area (Å²) in [7, 11) is 0. The van der Waals surface area contributed by atoms with E-state index in [0.29, 0.717) is 25.2 Å². The van der Waals surface area contributed by atoms with Crippen LogP contribution in [-0.4, -0.2) is 49.2 Å². The molecule has 154 valence electrons. The minimum absolute atomic E-state index is 0.0580. The first-order valence-corrected chi connectivity index (χ1v) is 9.01. The van der Waals surface area contributed by atoms with E-state index < -0.39 is 23.8 Å². The summed E-state index contributed by atoms with van der Waals surface area (Å²) in [4.78, 5) is 21.4. The van der Waals surface area contributed by atoms with E-state index in [0.717, 1.165) is 6.07 Å². The predicted molar refractivity (Wildman–Crippen MR) is 104 cm³/mol. The molecule has 9 heteroatoms. The molecule has 0 saturated carbocycles. The van der Waals surface area contributed by atoms with Gasteiger partial charge < -0.3 is 15.3 Å². The monoisotopic (exact) mass is 398 g/mol. The summed E-state index contributed by atoms with van der Waals surface area (Å²) in [6.07, 6.45) is -3.71. The SMILES string of the molecule is C=Nc1c(N2C[C@@H](C)C[C@@H](NC(=O)C(C)O)C2)ccc(C(F)(F)F)c1/N=C\C. The predicted octanol–water partition coefficient (Wildman–Crippen LogP) is 3.47. The molecule has 28 heavy (non-hydrogen) atoms. The van der Waals surface area contributed by atoms with E-state index in [1.165, 1.54) is 26.1 Å². The van der Waals surface area contributed by atoms with Crippen LogP contribution in [0.1, 0.15) is 32.8 Å². The molecule has 1 amide bonds. The zero-order valence-corrected chi connectivity index (χ0v) is 16.1. The zero-order chi connectivity index (χ0) is 21.1. The summed E-state index contributed by atoms with van der Waals surface area (Å²) in [5.74, 6) is -0.309. The van der Waals surface area contributed by atoms with Crippen molar-refractivity contribution in [2.75, 3.05) is 18.0 Å². The van der Waals surface area contributed by atoms with Gasteiger partial charge in [0.15, 0.2) is 0 Å². The van der Waals surface area contributed by atoms with E-state index in [-0.39, 0.29) is 23.3 Å². The molecule has 0 radical (unpaired) electrons. The Hall–Kier alpha value is -2.42. The average Bonchev–Trinajstić information content (AvgIpc) is 2.59. The number of carbonyl (C=O) groups excluding carboxylic acids is 1. The van der Waals surface area contributed by atoms with Crippen LogP contribution in [-0.2, 0) is 11.0 Å². The Morgan fingerprint density at radius 2 is 2.07 bits per heavy atom. The summed E-state index contributed by atoms with van der Waals surface area (Å²) >= 11 is 0. The Bertz CT molecular complexity index is 762. The van der Waals surface area contributed by atoms with Gasteiger partial charge >= 0.3 is 6.18 Å². The molecule has 3 atom stereocenters. The average molecular weight is 398 g/mol. The van der Waals surface area contributed by atoms with E-state index in [2.05, 4.69) is 22.0 Å². The number of hydrogen-bond donors (Lipinski definition) is 2. The first-order chi connectivity index (χ1) is 13.1. The number of hydrogen-bond acceptors (Lipinski definition) is 5. The second-order valence-corrected chi connectivity index (χ2v) is 7.00. The molecular weight excluding hydrogens is 373 g/mol. The highest BCUT2D eigenvalue weighted by molar-refractivity contribution is 5.85. The molecule has 2 rings (SSSR count). The topological polar surface area (TPSA) is 77.3 Å². The number of aliphatic hydroxyl groups excluding tert-OH is 1. The van der Waals surface area contributed by atoms with Crippen molar-refractivity contribution in [1.82, 2.24) is 5.32 Å². The Labute approximate surface area is 162 Å². The highest BCUT2D eigenvalue weighted by Crippen LogP contribution is 2.47. The molecule has 0 aromatic heterocycles. The minimum Gasteiger partial charge on any atom is -0.384 e. The molecule has 1 aromatic carbocycles. The van der Waals surface area contributed by atoms with Crippen LogP contribution in [0.15, 0.2) is 22.1 Å². The smallest absolute Gasteiger partial charge is 0.384 e. The highest BCUT2D eigenvalue weighted by Gasteiger charge is 2.36. The zero-order valence-electron chi connectivity index (χ0n) is 16.1. The summed E-state index contributed by atoms with van der Waals surface area (Å²) in [6, 6.07) is 2.12. The van der Waals surface area contributed by atoms with Crippen molar-refractivity contribution in [1.29, 1.82) is 0 Å². The number of aliphatic imine (C=N–C) groups is 2. The lowest BCUT2D eigenvalue weighted by Crippen LogP contribution is -2.52. The van der Waals surface area contributed by atoms with Crippen molar-refractivity contribution in [3.8, 4) is 0 Å². The normalized spacial score (nSPS) is 21.6.